The van der Waals surface area contributed by atoms with Gasteiger partial charge in [0.15, 0.2) is 0 Å². The van der Waals surface area contributed by atoms with Gasteiger partial charge in [-0.05, 0) is 43.8 Å². The Morgan fingerprint density at radius 3 is 2.47 bits per heavy atom. The third-order valence-electron chi connectivity index (χ3n) is 3.12. The Hall–Kier alpha value is -0.670. The van der Waals surface area contributed by atoms with Crippen LogP contribution in [0.2, 0.25) is 0 Å². The molecule has 3 heteroatoms. The molecule has 0 aliphatic heterocycles. The van der Waals surface area contributed by atoms with Crippen molar-refractivity contribution in [3.63, 3.8) is 0 Å². The van der Waals surface area contributed by atoms with Gasteiger partial charge in [0, 0.05) is 11.8 Å². The smallest absolute Gasteiger partial charge is 0.119 e. The van der Waals surface area contributed by atoms with Gasteiger partial charge in [-0.2, -0.15) is 11.8 Å². The van der Waals surface area contributed by atoms with Gasteiger partial charge in [-0.25, -0.2) is 0 Å². The number of hydrogen-bond donors (Lipinski definition) is 1. The summed E-state index contributed by atoms with van der Waals surface area (Å²) in [5.74, 6) is 3.36. The molecule has 1 rings (SSSR count). The molecule has 0 fully saturated rings. The molecule has 1 atom stereocenters. The maximum absolute atomic E-state index is 5.47. The summed E-state index contributed by atoms with van der Waals surface area (Å²) in [6.45, 7) is 4.99. The van der Waals surface area contributed by atoms with Gasteiger partial charge < -0.3 is 10.1 Å². The zero-order chi connectivity index (χ0) is 13.9. The SMILES string of the molecule is CCCCCSCC(NC)c1ccc(OCC)cc1. The largest absolute Gasteiger partial charge is 0.494 e. The van der Waals surface area contributed by atoms with Crippen LogP contribution in [-0.2, 0) is 0 Å². The number of benzene rings is 1. The fourth-order valence-electron chi connectivity index (χ4n) is 1.96. The Labute approximate surface area is 122 Å². The van der Waals surface area contributed by atoms with Gasteiger partial charge >= 0.3 is 0 Å². The van der Waals surface area contributed by atoms with Crippen LogP contribution in [-0.4, -0.2) is 25.2 Å². The van der Waals surface area contributed by atoms with Crippen LogP contribution in [0.15, 0.2) is 24.3 Å². The average Bonchev–Trinajstić information content (AvgIpc) is 2.44. The van der Waals surface area contributed by atoms with E-state index in [0.29, 0.717) is 6.04 Å². The molecule has 0 saturated carbocycles. The third-order valence-corrected chi connectivity index (χ3v) is 4.27. The number of nitrogens with one attached hydrogen (secondary N) is 1. The standard InChI is InChI=1S/C16H27NOS/c1-4-6-7-12-19-13-16(17-3)14-8-10-15(11-9-14)18-5-2/h8-11,16-17H,4-7,12-13H2,1-3H3. The molecule has 0 radical (unpaired) electrons. The summed E-state index contributed by atoms with van der Waals surface area (Å²) in [5.41, 5.74) is 1.34. The van der Waals surface area contributed by atoms with Crippen LogP contribution >= 0.6 is 11.8 Å². The monoisotopic (exact) mass is 281 g/mol. The van der Waals surface area contributed by atoms with Crippen LogP contribution in [0.1, 0.15) is 44.7 Å². The molecule has 108 valence electrons. The Morgan fingerprint density at radius 1 is 1.16 bits per heavy atom. The Morgan fingerprint density at radius 2 is 1.89 bits per heavy atom. The van der Waals surface area contributed by atoms with Gasteiger partial charge in [-0.3, -0.25) is 0 Å². The molecule has 2 nitrogen and oxygen atoms in total. The van der Waals surface area contributed by atoms with Crippen molar-refractivity contribution < 1.29 is 4.74 Å². The lowest BCUT2D eigenvalue weighted by atomic mass is 10.1. The molecule has 1 unspecified atom stereocenters. The predicted octanol–water partition coefficient (Wildman–Crippen LogP) is 4.27. The quantitative estimate of drug-likeness (QED) is 0.647. The van der Waals surface area contributed by atoms with Gasteiger partial charge in [-0.15, -0.1) is 0 Å². The normalized spacial score (nSPS) is 12.4. The van der Waals surface area contributed by atoms with E-state index in [0.717, 1.165) is 18.1 Å². The molecule has 19 heavy (non-hydrogen) atoms. The summed E-state index contributed by atoms with van der Waals surface area (Å²) >= 11 is 2.04. The second kappa shape index (κ2) is 10.2. The summed E-state index contributed by atoms with van der Waals surface area (Å²) in [4.78, 5) is 0. The number of ether oxygens (including phenoxy) is 1. The predicted molar refractivity (Wildman–Crippen MR) is 86.3 cm³/mol. The van der Waals surface area contributed by atoms with E-state index in [1.807, 2.05) is 25.7 Å². The van der Waals surface area contributed by atoms with Crippen LogP contribution in [0.4, 0.5) is 0 Å². The van der Waals surface area contributed by atoms with E-state index in [1.165, 1.54) is 30.6 Å². The molecular weight excluding hydrogens is 254 g/mol. The van der Waals surface area contributed by atoms with Crippen molar-refractivity contribution in [1.29, 1.82) is 0 Å². The van der Waals surface area contributed by atoms with Crippen molar-refractivity contribution in [2.24, 2.45) is 0 Å². The van der Waals surface area contributed by atoms with Crippen LogP contribution in [0, 0.1) is 0 Å². The van der Waals surface area contributed by atoms with Crippen molar-refractivity contribution in [3.8, 4) is 5.75 Å². The first kappa shape index (κ1) is 16.4. The van der Waals surface area contributed by atoms with Crippen LogP contribution in [0.3, 0.4) is 0 Å². The van der Waals surface area contributed by atoms with Gasteiger partial charge in [0.2, 0.25) is 0 Å². The maximum atomic E-state index is 5.47. The number of hydrogen-bond acceptors (Lipinski definition) is 3. The number of unbranched alkanes of at least 4 members (excludes halogenated alkanes) is 2. The van der Waals surface area contributed by atoms with E-state index >= 15 is 0 Å². The lowest BCUT2D eigenvalue weighted by Crippen LogP contribution is -2.18. The Kier molecular flexibility index (Phi) is 8.76. The van der Waals surface area contributed by atoms with Crippen molar-refractivity contribution in [2.45, 2.75) is 39.2 Å². The van der Waals surface area contributed by atoms with Crippen molar-refractivity contribution in [2.75, 3.05) is 25.2 Å². The third kappa shape index (κ3) is 6.35. The fraction of sp³-hybridized carbons (Fsp3) is 0.625. The second-order valence-corrected chi connectivity index (χ2v) is 5.78. The van der Waals surface area contributed by atoms with E-state index < -0.39 is 0 Å². The Bertz CT molecular complexity index is 326. The summed E-state index contributed by atoms with van der Waals surface area (Å²) in [5, 5.41) is 3.40. The van der Waals surface area contributed by atoms with Crippen LogP contribution in [0.5, 0.6) is 5.75 Å². The molecule has 1 aromatic rings. The molecule has 0 amide bonds. The first-order chi connectivity index (χ1) is 9.31. The highest BCUT2D eigenvalue weighted by atomic mass is 32.2. The Balaban J connectivity index is 2.40. The first-order valence-electron chi connectivity index (χ1n) is 7.29. The zero-order valence-electron chi connectivity index (χ0n) is 12.4. The van der Waals surface area contributed by atoms with Crippen molar-refractivity contribution in [3.05, 3.63) is 29.8 Å². The molecule has 0 bridgehead atoms. The summed E-state index contributed by atoms with van der Waals surface area (Å²) < 4.78 is 5.47. The maximum Gasteiger partial charge on any atom is 0.119 e. The van der Waals surface area contributed by atoms with Crippen molar-refractivity contribution >= 4 is 11.8 Å². The molecule has 0 aliphatic carbocycles. The number of thioether (sulfide) groups is 1. The van der Waals surface area contributed by atoms with Gasteiger partial charge in [0.1, 0.15) is 5.75 Å². The lowest BCUT2D eigenvalue weighted by Gasteiger charge is -2.16. The van der Waals surface area contributed by atoms with E-state index in [-0.39, 0.29) is 0 Å². The van der Waals surface area contributed by atoms with E-state index in [4.69, 9.17) is 4.74 Å². The van der Waals surface area contributed by atoms with Crippen LogP contribution in [0.25, 0.3) is 0 Å². The zero-order valence-corrected chi connectivity index (χ0v) is 13.3. The summed E-state index contributed by atoms with van der Waals surface area (Å²) in [7, 11) is 2.04. The minimum Gasteiger partial charge on any atom is -0.494 e. The molecular formula is C16H27NOS. The van der Waals surface area contributed by atoms with Crippen molar-refractivity contribution in [1.82, 2.24) is 5.32 Å². The average molecular weight is 281 g/mol. The second-order valence-electron chi connectivity index (χ2n) is 4.63. The minimum atomic E-state index is 0.433. The number of rotatable bonds is 10. The van der Waals surface area contributed by atoms with E-state index in [2.05, 4.69) is 36.5 Å². The minimum absolute atomic E-state index is 0.433. The molecule has 0 aliphatic rings. The van der Waals surface area contributed by atoms with Gasteiger partial charge in [0.25, 0.3) is 0 Å². The summed E-state index contributed by atoms with van der Waals surface area (Å²) in [6, 6.07) is 8.88. The molecule has 1 N–H and O–H groups in total. The molecule has 0 aromatic heterocycles. The molecule has 1 aromatic carbocycles. The molecule has 0 spiro atoms. The van der Waals surface area contributed by atoms with Gasteiger partial charge in [-0.1, -0.05) is 31.9 Å². The van der Waals surface area contributed by atoms with Crippen LogP contribution < -0.4 is 10.1 Å². The first-order valence-corrected chi connectivity index (χ1v) is 8.45. The van der Waals surface area contributed by atoms with E-state index in [1.54, 1.807) is 0 Å². The highest BCUT2D eigenvalue weighted by molar-refractivity contribution is 7.99. The van der Waals surface area contributed by atoms with Gasteiger partial charge in [0.05, 0.1) is 6.61 Å². The highest BCUT2D eigenvalue weighted by Gasteiger charge is 2.09. The molecule has 0 saturated heterocycles. The van der Waals surface area contributed by atoms with E-state index in [9.17, 15) is 0 Å². The fourth-order valence-corrected chi connectivity index (χ4v) is 3.13. The topological polar surface area (TPSA) is 21.3 Å². The lowest BCUT2D eigenvalue weighted by molar-refractivity contribution is 0.340. The highest BCUT2D eigenvalue weighted by Crippen LogP contribution is 2.21. The summed E-state index contributed by atoms with van der Waals surface area (Å²) in [6.07, 6.45) is 3.98. The molecule has 0 heterocycles.